The van der Waals surface area contributed by atoms with Crippen molar-refractivity contribution in [3.63, 3.8) is 0 Å². The number of imidazole rings is 1. The van der Waals surface area contributed by atoms with Crippen LogP contribution in [0.25, 0.3) is 38.6 Å². The Morgan fingerprint density at radius 3 is 2.10 bits per heavy atom. The van der Waals surface area contributed by atoms with E-state index in [1.807, 2.05) is 36.5 Å². The second-order valence-corrected chi connectivity index (χ2v) is 16.1. The van der Waals surface area contributed by atoms with Crippen LogP contribution < -0.4 is 19.8 Å². The summed E-state index contributed by atoms with van der Waals surface area (Å²) in [7, 11) is 0. The van der Waals surface area contributed by atoms with Gasteiger partial charge in [-0.05, 0) is 40.7 Å². The van der Waals surface area contributed by atoms with Gasteiger partial charge < -0.3 is 18.8 Å². The number of benzene rings is 6. The zero-order valence-corrected chi connectivity index (χ0v) is 34.8. The summed E-state index contributed by atoms with van der Waals surface area (Å²) < 4.78 is 9.12. The zero-order chi connectivity index (χ0) is 38.5. The zero-order valence-electron chi connectivity index (χ0n) is 32.5. The van der Waals surface area contributed by atoms with Crippen molar-refractivity contribution in [2.75, 3.05) is 9.62 Å². The van der Waals surface area contributed by atoms with Crippen molar-refractivity contribution in [3.8, 4) is 22.8 Å². The van der Waals surface area contributed by atoms with Crippen molar-refractivity contribution in [1.29, 1.82) is 0 Å². The van der Waals surface area contributed by atoms with Gasteiger partial charge in [-0.1, -0.05) is 147 Å². The van der Waals surface area contributed by atoms with Crippen LogP contribution in [0.1, 0.15) is 39.0 Å². The van der Waals surface area contributed by atoms with Crippen LogP contribution in [0.4, 0.5) is 22.9 Å². The summed E-state index contributed by atoms with van der Waals surface area (Å²) in [5.74, 6) is 2.04. The SMILES string of the molecule is CC1(C)c2cccc3c4ccc(Oc5[c-]c(N6B(c7ccccc7)N(c7ccccc7)c7cccnc76)ccc5)[c-]c4c4nc(-c5ccccc5)c(n4c23)C1(C)C.[Pt+2]. The first-order chi connectivity index (χ1) is 27.8. The Bertz CT molecular complexity index is 3020. The average molecular weight is 931 g/mol. The van der Waals surface area contributed by atoms with Gasteiger partial charge in [0.1, 0.15) is 5.82 Å². The fraction of sp³-hybridized carbons (Fsp3) is 0.120. The van der Waals surface area contributed by atoms with Gasteiger partial charge in [0.05, 0.1) is 17.0 Å². The van der Waals surface area contributed by atoms with E-state index >= 15 is 0 Å². The van der Waals surface area contributed by atoms with Crippen molar-refractivity contribution in [2.24, 2.45) is 0 Å². The molecule has 0 aliphatic carbocycles. The van der Waals surface area contributed by atoms with Gasteiger partial charge in [-0.2, -0.15) is 6.07 Å². The van der Waals surface area contributed by atoms with Crippen LogP contribution in [0.5, 0.6) is 11.5 Å². The van der Waals surface area contributed by atoms with Crippen molar-refractivity contribution in [2.45, 2.75) is 38.5 Å². The Morgan fingerprint density at radius 2 is 1.33 bits per heavy atom. The van der Waals surface area contributed by atoms with Gasteiger partial charge in [0.15, 0.2) is 0 Å². The molecule has 0 unspecified atom stereocenters. The van der Waals surface area contributed by atoms with Crippen molar-refractivity contribution < 1.29 is 25.8 Å². The first-order valence-electron chi connectivity index (χ1n) is 19.5. The van der Waals surface area contributed by atoms with Crippen LogP contribution in [0.15, 0.2) is 158 Å². The topological polar surface area (TPSA) is 45.9 Å². The predicted molar refractivity (Wildman–Crippen MR) is 233 cm³/mol. The van der Waals surface area contributed by atoms with E-state index < -0.39 is 0 Å². The number of fused-ring (bicyclic) bond motifs is 4. The summed E-state index contributed by atoms with van der Waals surface area (Å²) in [4.78, 5) is 15.0. The van der Waals surface area contributed by atoms with E-state index in [1.54, 1.807) is 0 Å². The molecule has 2 aliphatic heterocycles. The fourth-order valence-electron chi connectivity index (χ4n) is 9.17. The molecule has 9 aromatic rings. The smallest absolute Gasteiger partial charge is 0.503 e. The summed E-state index contributed by atoms with van der Waals surface area (Å²) in [5.41, 5.74) is 10.5. The third-order valence-corrected chi connectivity index (χ3v) is 12.6. The molecular weight excluding hydrogens is 892 g/mol. The third kappa shape index (κ3) is 5.22. The van der Waals surface area contributed by atoms with Crippen molar-refractivity contribution in [3.05, 3.63) is 181 Å². The fourth-order valence-corrected chi connectivity index (χ4v) is 9.17. The molecule has 3 aromatic heterocycles. The monoisotopic (exact) mass is 930 g/mol. The van der Waals surface area contributed by atoms with Gasteiger partial charge in [-0.25, -0.2) is 4.98 Å². The molecule has 0 fully saturated rings. The molecule has 58 heavy (non-hydrogen) atoms. The predicted octanol–water partition coefficient (Wildman–Crippen LogP) is 11.3. The third-order valence-electron chi connectivity index (χ3n) is 12.6. The molecule has 11 rings (SSSR count). The standard InChI is InChI=1S/C50H38BN5O.Pt/c1-49(2)42-26-15-25-40-39-29-28-38(32-41(39)47-53-44(33-17-8-5-9-18-33)46(50(49,3)4)54(47)45(40)42)57-37-24-14-23-36(31-37)56-48-43(27-16-30-52-48)55(35-21-12-7-13-22-35)51(56)34-19-10-6-11-20-34;/h5-30H,1-4H3;/q-2;+2. The normalized spacial score (nSPS) is 14.9. The number of hydrogen-bond acceptors (Lipinski definition) is 5. The molecule has 0 saturated carbocycles. The molecular formula is C50H38BN5OPt. The Morgan fingerprint density at radius 1 is 0.621 bits per heavy atom. The van der Waals surface area contributed by atoms with E-state index in [1.165, 1.54) is 22.2 Å². The second-order valence-electron chi connectivity index (χ2n) is 16.1. The molecule has 282 valence electrons. The minimum absolute atomic E-state index is 0. The van der Waals surface area contributed by atoms with E-state index in [-0.39, 0.29) is 38.9 Å². The van der Waals surface area contributed by atoms with E-state index in [2.05, 4.69) is 175 Å². The molecule has 0 spiro atoms. The molecule has 0 bridgehead atoms. The minimum atomic E-state index is -0.229. The summed E-state index contributed by atoms with van der Waals surface area (Å²) >= 11 is 0. The van der Waals surface area contributed by atoms with Gasteiger partial charge in [-0.3, -0.25) is 4.98 Å². The first kappa shape index (κ1) is 36.2. The summed E-state index contributed by atoms with van der Waals surface area (Å²) in [6.45, 7) is 9.25. The number of hydrogen-bond donors (Lipinski definition) is 0. The molecule has 0 radical (unpaired) electrons. The number of anilines is 4. The van der Waals surface area contributed by atoms with Crippen LogP contribution in [-0.4, -0.2) is 21.4 Å². The molecule has 0 amide bonds. The molecule has 6 nitrogen and oxygen atoms in total. The van der Waals surface area contributed by atoms with E-state index in [0.29, 0.717) is 11.5 Å². The minimum Gasteiger partial charge on any atom is -0.503 e. The van der Waals surface area contributed by atoms with E-state index in [4.69, 9.17) is 14.7 Å². The van der Waals surface area contributed by atoms with Gasteiger partial charge in [0.2, 0.25) is 0 Å². The Labute approximate surface area is 353 Å². The molecule has 6 aromatic carbocycles. The number of ether oxygens (including phenoxy) is 1. The maximum atomic E-state index is 6.71. The van der Waals surface area contributed by atoms with E-state index in [9.17, 15) is 0 Å². The number of pyridine rings is 2. The Kier molecular flexibility index (Phi) is 8.40. The van der Waals surface area contributed by atoms with Gasteiger partial charge in [0, 0.05) is 51.0 Å². The van der Waals surface area contributed by atoms with Crippen LogP contribution >= 0.6 is 0 Å². The molecule has 0 N–H and O–H groups in total. The number of para-hydroxylation sites is 2. The van der Waals surface area contributed by atoms with Crippen molar-refractivity contribution >= 4 is 62.6 Å². The quantitative estimate of drug-likeness (QED) is 0.0944. The average Bonchev–Trinajstić information content (AvgIpc) is 3.83. The molecule has 0 atom stereocenters. The van der Waals surface area contributed by atoms with Gasteiger partial charge in [0.25, 0.3) is 0 Å². The number of rotatable bonds is 6. The molecule has 5 heterocycles. The van der Waals surface area contributed by atoms with Crippen LogP contribution in [0.3, 0.4) is 0 Å². The van der Waals surface area contributed by atoms with Crippen LogP contribution in [0, 0.1) is 12.1 Å². The summed E-state index contributed by atoms with van der Waals surface area (Å²) in [5, 5.41) is 3.21. The van der Waals surface area contributed by atoms with Gasteiger partial charge in [-0.15, -0.1) is 30.3 Å². The number of nitrogens with zero attached hydrogens (tertiary/aromatic N) is 5. The molecule has 2 aliphatic rings. The maximum absolute atomic E-state index is 6.71. The number of aromatic nitrogens is 3. The Hall–Kier alpha value is -6.17. The Balaban J connectivity index is 0.00000408. The summed E-state index contributed by atoms with van der Waals surface area (Å²) in [6.07, 6.45) is 1.85. The second kappa shape index (κ2) is 13.5. The maximum Gasteiger partial charge on any atom is 2.00 e. The van der Waals surface area contributed by atoms with Crippen LogP contribution in [-0.2, 0) is 31.9 Å². The van der Waals surface area contributed by atoms with Gasteiger partial charge >= 0.3 is 28.0 Å². The molecule has 8 heteroatoms. The van der Waals surface area contributed by atoms with Crippen molar-refractivity contribution in [1.82, 2.24) is 14.4 Å². The van der Waals surface area contributed by atoms with E-state index in [0.717, 1.165) is 56.0 Å². The molecule has 0 saturated heterocycles. The first-order valence-corrected chi connectivity index (χ1v) is 19.5. The summed E-state index contributed by atoms with van der Waals surface area (Å²) in [6, 6.07) is 60.0. The van der Waals surface area contributed by atoms with Crippen LogP contribution in [0.2, 0.25) is 0 Å². The largest absolute Gasteiger partial charge is 2.00 e.